The minimum atomic E-state index is -1.20. The van der Waals surface area contributed by atoms with Crippen LogP contribution in [0.15, 0.2) is 0 Å². The van der Waals surface area contributed by atoms with Crippen LogP contribution in [0.4, 0.5) is 0 Å². The molecule has 8 heteroatoms. The number of carbonyl (C=O) groups excluding carboxylic acids is 3. The zero-order chi connectivity index (χ0) is 36.0. The lowest BCUT2D eigenvalue weighted by Crippen LogP contribution is -2.61. The van der Waals surface area contributed by atoms with Crippen molar-refractivity contribution in [2.24, 2.45) is 51.2 Å². The Kier molecular flexibility index (Phi) is 16.7. The number of esters is 3. The van der Waals surface area contributed by atoms with Gasteiger partial charge >= 0.3 is 17.9 Å². The number of hydrogen-bond acceptors (Lipinski definition) is 8. The van der Waals surface area contributed by atoms with E-state index in [-0.39, 0.29) is 74.8 Å². The van der Waals surface area contributed by atoms with Crippen LogP contribution in [0.25, 0.3) is 0 Å². The van der Waals surface area contributed by atoms with Crippen molar-refractivity contribution in [3.8, 4) is 0 Å². The Morgan fingerprint density at radius 3 is 1.64 bits per heavy atom. The first-order chi connectivity index (χ1) is 23.3. The molecule has 9 rings (SSSR count). The molecule has 8 nitrogen and oxygen atoms in total. The maximum Gasteiger partial charge on any atom is 0.313 e. The SMILES string of the molecule is C.C.C.C.C.C.CCC(C)(CC(C)(CC(C)(C)C(=O)OC1CCCCO1)C(=O)OC12CC3CC(CC(O)(C3)C1)C2)C(=O)OC(C)(C)C12CC3CC(CC(C3)C1)C2. The summed E-state index contributed by atoms with van der Waals surface area (Å²) >= 11 is 0. The molecule has 5 unspecified atom stereocenters. The minimum Gasteiger partial charge on any atom is -0.459 e. The molecule has 330 valence electrons. The molecule has 1 N–H and O–H groups in total. The fourth-order valence-electron chi connectivity index (χ4n) is 13.4. The van der Waals surface area contributed by atoms with Crippen LogP contribution < -0.4 is 0 Å². The number of rotatable bonds is 12. The van der Waals surface area contributed by atoms with Crippen LogP contribution in [0, 0.1) is 51.2 Å². The number of hydrogen-bond donors (Lipinski definition) is 1. The smallest absolute Gasteiger partial charge is 0.313 e. The standard InChI is InChI=1S/C42H66O8.6CH4/c1-8-38(6,34(44)49-37(4,5)40-17-27-13-28(18-40)15-29(14-27)19-40)25-39(7,24-36(2,3)33(43)48-32-11-9-10-12-47-32)35(45)50-42-22-30-16-31(23-42)21-41(46,20-30)26-42;;;;;;/h27-32,46H,8-26H2,1-7H3;6*1H4. The number of aliphatic hydroxyl groups is 1. The maximum absolute atomic E-state index is 14.8. The van der Waals surface area contributed by atoms with E-state index in [0.717, 1.165) is 82.0 Å². The highest BCUT2D eigenvalue weighted by Crippen LogP contribution is 2.65. The van der Waals surface area contributed by atoms with Gasteiger partial charge < -0.3 is 24.1 Å². The van der Waals surface area contributed by atoms with Crippen LogP contribution in [-0.4, -0.2) is 52.7 Å². The second-order valence-corrected chi connectivity index (χ2v) is 20.8. The molecule has 1 saturated heterocycles. The van der Waals surface area contributed by atoms with Gasteiger partial charge in [0.15, 0.2) is 0 Å². The van der Waals surface area contributed by atoms with Gasteiger partial charge in [-0.05, 0) is 174 Å². The van der Waals surface area contributed by atoms with E-state index in [1.807, 2.05) is 34.6 Å². The second-order valence-electron chi connectivity index (χ2n) is 20.8. The molecule has 0 aromatic rings. The summed E-state index contributed by atoms with van der Waals surface area (Å²) in [5.41, 5.74) is -5.35. The molecule has 8 bridgehead atoms. The van der Waals surface area contributed by atoms with E-state index in [4.69, 9.17) is 18.9 Å². The highest BCUT2D eigenvalue weighted by atomic mass is 16.7. The zero-order valence-corrected chi connectivity index (χ0v) is 32.2. The summed E-state index contributed by atoms with van der Waals surface area (Å²) in [6.45, 7) is 14.3. The zero-order valence-electron chi connectivity index (χ0n) is 32.2. The average molecular weight is 795 g/mol. The minimum absolute atomic E-state index is 0. The van der Waals surface area contributed by atoms with Crippen LogP contribution in [0.1, 0.15) is 209 Å². The topological polar surface area (TPSA) is 108 Å². The largest absolute Gasteiger partial charge is 0.459 e. The van der Waals surface area contributed by atoms with Crippen LogP contribution in [0.2, 0.25) is 0 Å². The number of carbonyl (C=O) groups is 3. The van der Waals surface area contributed by atoms with E-state index in [2.05, 4.69) is 13.8 Å². The lowest BCUT2D eigenvalue weighted by molar-refractivity contribution is -0.229. The van der Waals surface area contributed by atoms with Gasteiger partial charge in [0.05, 0.1) is 28.5 Å². The van der Waals surface area contributed by atoms with Crippen molar-refractivity contribution in [3.05, 3.63) is 0 Å². The van der Waals surface area contributed by atoms with E-state index in [1.54, 1.807) is 0 Å². The van der Waals surface area contributed by atoms with Gasteiger partial charge in [0.1, 0.15) is 11.2 Å². The molecule has 8 saturated carbocycles. The van der Waals surface area contributed by atoms with E-state index in [0.29, 0.717) is 37.7 Å². The first-order valence-corrected chi connectivity index (χ1v) is 20.3. The fraction of sp³-hybridized carbons (Fsp3) is 0.938. The molecule has 0 amide bonds. The molecule has 0 radical (unpaired) electrons. The normalized spacial score (nSPS) is 36.9. The Bertz CT molecular complexity index is 1290. The highest BCUT2D eigenvalue weighted by Gasteiger charge is 2.62. The molecule has 0 aromatic carbocycles. The molecule has 9 aliphatic rings. The lowest BCUT2D eigenvalue weighted by atomic mass is 9.46. The van der Waals surface area contributed by atoms with Crippen molar-refractivity contribution in [2.45, 2.75) is 232 Å². The van der Waals surface area contributed by atoms with Gasteiger partial charge in [-0.1, -0.05) is 51.5 Å². The Balaban J connectivity index is 0.00000261. The first kappa shape index (κ1) is 52.3. The highest BCUT2D eigenvalue weighted by molar-refractivity contribution is 5.83. The van der Waals surface area contributed by atoms with E-state index in [9.17, 15) is 19.5 Å². The van der Waals surface area contributed by atoms with Crippen molar-refractivity contribution < 1.29 is 38.4 Å². The van der Waals surface area contributed by atoms with Gasteiger partial charge in [0.25, 0.3) is 0 Å². The first-order valence-electron chi connectivity index (χ1n) is 20.3. The summed E-state index contributed by atoms with van der Waals surface area (Å²) in [6.07, 6.45) is 14.8. The van der Waals surface area contributed by atoms with Crippen LogP contribution >= 0.6 is 0 Å². The predicted octanol–water partition coefficient (Wildman–Crippen LogP) is 12.3. The summed E-state index contributed by atoms with van der Waals surface area (Å²) in [4.78, 5) is 43.2. The van der Waals surface area contributed by atoms with Crippen molar-refractivity contribution in [1.29, 1.82) is 0 Å². The van der Waals surface area contributed by atoms with Crippen LogP contribution in [-0.2, 0) is 33.3 Å². The third kappa shape index (κ3) is 9.68. The Morgan fingerprint density at radius 1 is 0.661 bits per heavy atom. The van der Waals surface area contributed by atoms with E-state index < -0.39 is 45.3 Å². The van der Waals surface area contributed by atoms with E-state index >= 15 is 0 Å². The molecule has 0 spiro atoms. The lowest BCUT2D eigenvalue weighted by Gasteiger charge is -2.61. The van der Waals surface area contributed by atoms with E-state index in [1.165, 1.54) is 19.3 Å². The molecule has 5 atom stereocenters. The third-order valence-corrected chi connectivity index (χ3v) is 15.3. The van der Waals surface area contributed by atoms with Crippen LogP contribution in [0.5, 0.6) is 0 Å². The Morgan fingerprint density at radius 2 is 1.18 bits per heavy atom. The fourth-order valence-corrected chi connectivity index (χ4v) is 13.4. The summed E-state index contributed by atoms with van der Waals surface area (Å²) in [5, 5.41) is 11.5. The van der Waals surface area contributed by atoms with Crippen molar-refractivity contribution in [3.63, 3.8) is 0 Å². The van der Waals surface area contributed by atoms with Crippen molar-refractivity contribution in [1.82, 2.24) is 0 Å². The molecule has 9 fully saturated rings. The number of ether oxygens (including phenoxy) is 4. The summed E-state index contributed by atoms with van der Waals surface area (Å²) in [7, 11) is 0. The summed E-state index contributed by atoms with van der Waals surface area (Å²) in [5.74, 6) is 1.85. The predicted molar refractivity (Wildman–Crippen MR) is 229 cm³/mol. The maximum atomic E-state index is 14.8. The van der Waals surface area contributed by atoms with Crippen molar-refractivity contribution in [2.75, 3.05) is 6.61 Å². The van der Waals surface area contributed by atoms with Gasteiger partial charge in [0, 0.05) is 18.3 Å². The molecule has 0 aromatic heterocycles. The summed E-state index contributed by atoms with van der Waals surface area (Å²) < 4.78 is 25.0. The van der Waals surface area contributed by atoms with Gasteiger partial charge in [-0.3, -0.25) is 14.4 Å². The van der Waals surface area contributed by atoms with Crippen molar-refractivity contribution >= 4 is 17.9 Å². The second kappa shape index (κ2) is 17.9. The molecule has 56 heavy (non-hydrogen) atoms. The molecule has 8 aliphatic carbocycles. The molecule has 1 heterocycles. The molecular weight excluding hydrogens is 705 g/mol. The monoisotopic (exact) mass is 795 g/mol. The molecular formula is C48H90O8. The van der Waals surface area contributed by atoms with Gasteiger partial charge in [-0.2, -0.15) is 0 Å². The van der Waals surface area contributed by atoms with Gasteiger partial charge in [-0.15, -0.1) is 0 Å². The summed E-state index contributed by atoms with van der Waals surface area (Å²) in [6, 6.07) is 0. The third-order valence-electron chi connectivity index (χ3n) is 15.3. The quantitative estimate of drug-likeness (QED) is 0.154. The Hall–Kier alpha value is -1.67. The van der Waals surface area contributed by atoms with Gasteiger partial charge in [-0.25, -0.2) is 0 Å². The van der Waals surface area contributed by atoms with Crippen LogP contribution in [0.3, 0.4) is 0 Å². The average Bonchev–Trinajstić information content (AvgIpc) is 2.98. The Labute approximate surface area is 345 Å². The van der Waals surface area contributed by atoms with Gasteiger partial charge in [0.2, 0.25) is 6.29 Å². The molecule has 1 aliphatic heterocycles.